The molecule has 2 aliphatic heterocycles. The molecule has 0 saturated carbocycles. The summed E-state index contributed by atoms with van der Waals surface area (Å²) < 4.78 is 5.20. The van der Waals surface area contributed by atoms with E-state index >= 15 is 0 Å². The molecule has 1 N–H and O–H groups in total. The van der Waals surface area contributed by atoms with Gasteiger partial charge in [0.2, 0.25) is 0 Å². The molecule has 4 nitrogen and oxygen atoms in total. The van der Waals surface area contributed by atoms with Crippen LogP contribution in [0.3, 0.4) is 0 Å². The smallest absolute Gasteiger partial charge is 0.252 e. The van der Waals surface area contributed by atoms with Crippen molar-refractivity contribution in [2.75, 3.05) is 10.2 Å². The van der Waals surface area contributed by atoms with Crippen LogP contribution in [0.5, 0.6) is 0 Å². The van der Waals surface area contributed by atoms with Crippen LogP contribution in [0, 0.1) is 0 Å². The summed E-state index contributed by atoms with van der Waals surface area (Å²) in [4.78, 5) is 2.60. The Morgan fingerprint density at radius 2 is 0.655 bits per heavy atom. The molecule has 0 amide bonds. The van der Waals surface area contributed by atoms with Gasteiger partial charge in [-0.2, -0.15) is 0 Å². The predicted octanol–water partition coefficient (Wildman–Crippen LogP) is 21.0. The fourth-order valence-corrected chi connectivity index (χ4v) is 14.0. The Morgan fingerprint density at radius 3 is 1.06 bits per heavy atom. The third-order valence-electron chi connectivity index (χ3n) is 19.4. The molecule has 0 radical (unpaired) electrons. The molecule has 0 spiro atoms. The maximum Gasteiger partial charge on any atom is 0.252 e. The third kappa shape index (κ3) is 9.73. The molecule has 9 aromatic carbocycles. The zero-order valence-electron chi connectivity index (χ0n) is 56.0. The van der Waals surface area contributed by atoms with Gasteiger partial charge in [0.1, 0.15) is 0 Å². The lowest BCUT2D eigenvalue weighted by Gasteiger charge is -2.42. The molecule has 13 rings (SSSR count). The van der Waals surface area contributed by atoms with E-state index in [0.29, 0.717) is 0 Å². The van der Waals surface area contributed by atoms with Crippen LogP contribution in [0.15, 0.2) is 164 Å². The molecular weight excluding hydrogens is 1050 g/mol. The first-order valence-corrected chi connectivity index (χ1v) is 32.0. The quantitative estimate of drug-likeness (QED) is 0.178. The van der Waals surface area contributed by atoms with Gasteiger partial charge >= 0.3 is 0 Å². The van der Waals surface area contributed by atoms with Crippen LogP contribution in [0.2, 0.25) is 0 Å². The minimum Gasteiger partial charge on any atom is -0.356 e. The zero-order valence-corrected chi connectivity index (χ0v) is 56.0. The van der Waals surface area contributed by atoms with E-state index in [0.717, 1.165) is 39.6 Å². The maximum atomic E-state index is 4.21. The van der Waals surface area contributed by atoms with Gasteiger partial charge in [-0.1, -0.05) is 212 Å². The van der Waals surface area contributed by atoms with E-state index in [9.17, 15) is 0 Å². The normalized spacial score (nSPS) is 14.1. The first-order chi connectivity index (χ1) is 40.6. The minimum atomic E-state index is -0.0604. The molecule has 0 bridgehead atoms. The van der Waals surface area contributed by atoms with Crippen LogP contribution in [0.4, 0.5) is 28.4 Å². The van der Waals surface area contributed by atoms with Crippen molar-refractivity contribution in [3.63, 3.8) is 0 Å². The summed E-state index contributed by atoms with van der Waals surface area (Å²) in [5, 5.41) is 9.30. The van der Waals surface area contributed by atoms with E-state index in [1.807, 2.05) is 0 Å². The molecule has 0 saturated heterocycles. The zero-order chi connectivity index (χ0) is 62.2. The number of hydrogen-bond acceptors (Lipinski definition) is 2. The van der Waals surface area contributed by atoms with Crippen LogP contribution in [0.25, 0.3) is 66.1 Å². The monoisotopic (exact) mass is 1140 g/mol. The Bertz CT molecular complexity index is 4310. The van der Waals surface area contributed by atoms with Gasteiger partial charge in [-0.3, -0.25) is 0 Å². The summed E-state index contributed by atoms with van der Waals surface area (Å²) in [6.07, 6.45) is 0. The van der Waals surface area contributed by atoms with E-state index in [1.165, 1.54) is 110 Å². The summed E-state index contributed by atoms with van der Waals surface area (Å²) >= 11 is 0. The first kappa shape index (κ1) is 58.3. The Balaban J connectivity index is 1.20. The second-order valence-electron chi connectivity index (χ2n) is 33.0. The van der Waals surface area contributed by atoms with Crippen LogP contribution in [-0.2, 0) is 37.9 Å². The number of nitrogens with one attached hydrogen (secondary N) is 1. The van der Waals surface area contributed by atoms with Crippen molar-refractivity contribution in [2.24, 2.45) is 0 Å². The number of hydrogen-bond donors (Lipinski definition) is 1. The molecular formula is C82H91BN4. The molecule has 0 fully saturated rings. The van der Waals surface area contributed by atoms with Gasteiger partial charge < -0.3 is 19.4 Å². The lowest BCUT2D eigenvalue weighted by Crippen LogP contribution is -2.60. The van der Waals surface area contributed by atoms with Crippen molar-refractivity contribution in [1.29, 1.82) is 0 Å². The number of aromatic nitrogens is 2. The standard InChI is InChI=1S/C82H91BN4/c1-76(2,3)50-25-33-57(34-26-50)85-70-40-32-56(82(19,20)21)48-63(70)83-62-47-55(81(16,17)18)27-35-64(62)84-65-41-49(42-73(85)75(65)83)74-71(86-66-36-28-51(77(4,5)6)43-58(66)59-44-52(78(7,8)9)29-37-67(59)86)23-22-24-72(74)87-68-38-30-53(79(10,11)12)45-60(68)61-46-54(80(13,14)15)31-39-69(61)87/h22-48,84H,1-21H3. The number of rotatable bonds is 4. The summed E-state index contributed by atoms with van der Waals surface area (Å²) in [6, 6.07) is 65.3. The van der Waals surface area contributed by atoms with Gasteiger partial charge in [-0.25, -0.2) is 0 Å². The highest BCUT2D eigenvalue weighted by Crippen LogP contribution is 2.49. The molecule has 2 aromatic heterocycles. The molecule has 11 aromatic rings. The summed E-state index contributed by atoms with van der Waals surface area (Å²) in [5.74, 6) is 0. The largest absolute Gasteiger partial charge is 0.356 e. The van der Waals surface area contributed by atoms with Crippen molar-refractivity contribution in [1.82, 2.24) is 9.13 Å². The lowest BCUT2D eigenvalue weighted by molar-refractivity contribution is 0.590. The number of anilines is 5. The molecule has 4 heterocycles. The molecule has 2 aliphatic rings. The average molecular weight is 1140 g/mol. The number of benzene rings is 9. The Morgan fingerprint density at radius 1 is 0.299 bits per heavy atom. The van der Waals surface area contributed by atoms with E-state index in [1.54, 1.807) is 0 Å². The third-order valence-corrected chi connectivity index (χ3v) is 19.4. The topological polar surface area (TPSA) is 25.1 Å². The maximum absolute atomic E-state index is 4.21. The molecule has 442 valence electrons. The minimum absolute atomic E-state index is 0.00645. The molecule has 0 atom stereocenters. The SMILES string of the molecule is CC(C)(C)c1ccc(N2c3ccc(C(C)(C)C)cc3B3c4cc(C(C)(C)C)ccc4Nc4cc(-c5c(-n6c7ccc(C(C)(C)C)cc7c7cc(C(C)(C)C)ccc76)cccc5-n5c6ccc(C(C)(C)C)cc6c6cc(C(C)(C)C)ccc65)cc2c43)cc1. The number of fused-ring (bicyclic) bond motifs is 10. The highest BCUT2D eigenvalue weighted by molar-refractivity contribution is 7.00. The van der Waals surface area contributed by atoms with Crippen LogP contribution in [0.1, 0.15) is 184 Å². The highest BCUT2D eigenvalue weighted by Gasteiger charge is 2.43. The fraction of sp³-hybridized carbons (Fsp3) is 0.341. The van der Waals surface area contributed by atoms with Gasteiger partial charge in [0.15, 0.2) is 0 Å². The Kier molecular flexibility index (Phi) is 13.0. The average Bonchev–Trinajstić information content (AvgIpc) is 1.34. The van der Waals surface area contributed by atoms with Crippen LogP contribution < -0.4 is 26.6 Å². The number of nitrogens with zero attached hydrogens (tertiary/aromatic N) is 3. The van der Waals surface area contributed by atoms with Gasteiger partial charge in [-0.05, 0) is 196 Å². The van der Waals surface area contributed by atoms with Crippen LogP contribution in [-0.4, -0.2) is 15.8 Å². The van der Waals surface area contributed by atoms with Gasteiger partial charge in [-0.15, -0.1) is 0 Å². The van der Waals surface area contributed by atoms with Crippen LogP contribution >= 0.6 is 0 Å². The van der Waals surface area contributed by atoms with E-state index in [2.05, 4.69) is 329 Å². The molecule has 87 heavy (non-hydrogen) atoms. The molecule has 5 heteroatoms. The molecule has 0 unspecified atom stereocenters. The van der Waals surface area contributed by atoms with E-state index in [4.69, 9.17) is 0 Å². The Labute approximate surface area is 520 Å². The van der Waals surface area contributed by atoms with E-state index in [-0.39, 0.29) is 44.6 Å². The fourth-order valence-electron chi connectivity index (χ4n) is 14.0. The van der Waals surface area contributed by atoms with Gasteiger partial charge in [0, 0.05) is 55.5 Å². The second-order valence-corrected chi connectivity index (χ2v) is 33.0. The summed E-state index contributed by atoms with van der Waals surface area (Å²) in [6.45, 7) is 49.0. The van der Waals surface area contributed by atoms with Gasteiger partial charge in [0.05, 0.1) is 33.4 Å². The molecule has 0 aliphatic carbocycles. The van der Waals surface area contributed by atoms with Crippen molar-refractivity contribution in [2.45, 2.75) is 183 Å². The van der Waals surface area contributed by atoms with Crippen molar-refractivity contribution in [3.05, 3.63) is 203 Å². The van der Waals surface area contributed by atoms with Crippen molar-refractivity contribution < 1.29 is 0 Å². The highest BCUT2D eigenvalue weighted by atomic mass is 15.2. The first-order valence-electron chi connectivity index (χ1n) is 32.0. The predicted molar refractivity (Wildman–Crippen MR) is 381 cm³/mol. The lowest BCUT2D eigenvalue weighted by atomic mass is 9.33. The van der Waals surface area contributed by atoms with Crippen molar-refractivity contribution in [3.8, 4) is 22.5 Å². The Hall–Kier alpha value is -7.76. The summed E-state index contributed by atoms with van der Waals surface area (Å²) in [5.41, 5.74) is 28.2. The van der Waals surface area contributed by atoms with E-state index < -0.39 is 0 Å². The van der Waals surface area contributed by atoms with Gasteiger partial charge in [0.25, 0.3) is 6.71 Å². The second kappa shape index (κ2) is 19.4. The summed E-state index contributed by atoms with van der Waals surface area (Å²) in [7, 11) is 0. The van der Waals surface area contributed by atoms with Crippen molar-refractivity contribution >= 4 is 95.1 Å².